The zero-order valence-electron chi connectivity index (χ0n) is 13.8. The molecule has 0 aliphatic carbocycles. The van der Waals surface area contributed by atoms with Crippen LogP contribution in [0.1, 0.15) is 65.1 Å². The highest BCUT2D eigenvalue weighted by Crippen LogP contribution is 2.29. The first-order chi connectivity index (χ1) is 9.64. The number of hydrogen-bond acceptors (Lipinski definition) is 3. The lowest BCUT2D eigenvalue weighted by atomic mass is 10.0. The number of hydrogen-bond donors (Lipinski definition) is 1. The van der Waals surface area contributed by atoms with E-state index >= 15 is 0 Å². The van der Waals surface area contributed by atoms with Crippen LogP contribution in [0.2, 0.25) is 0 Å². The van der Waals surface area contributed by atoms with E-state index in [4.69, 9.17) is 5.10 Å². The summed E-state index contributed by atoms with van der Waals surface area (Å²) in [4.78, 5) is 0. The molecule has 1 aromatic rings. The van der Waals surface area contributed by atoms with Gasteiger partial charge in [-0.2, -0.15) is 16.9 Å². The Morgan fingerprint density at radius 1 is 1.25 bits per heavy atom. The predicted molar refractivity (Wildman–Crippen MR) is 90.4 cm³/mol. The van der Waals surface area contributed by atoms with Gasteiger partial charge in [0.1, 0.15) is 0 Å². The molecule has 1 rings (SSSR count). The second-order valence-electron chi connectivity index (χ2n) is 5.46. The summed E-state index contributed by atoms with van der Waals surface area (Å²) in [5.41, 5.74) is 1.15. The predicted octanol–water partition coefficient (Wildman–Crippen LogP) is 4.26. The van der Waals surface area contributed by atoms with Crippen LogP contribution in [0.3, 0.4) is 0 Å². The topological polar surface area (TPSA) is 29.9 Å². The van der Waals surface area contributed by atoms with Crippen LogP contribution in [0, 0.1) is 0 Å². The Bertz CT molecular complexity index is 359. The summed E-state index contributed by atoms with van der Waals surface area (Å²) in [5.74, 6) is 0. The van der Waals surface area contributed by atoms with Gasteiger partial charge in [-0.3, -0.25) is 4.68 Å². The number of nitrogens with zero attached hydrogens (tertiary/aromatic N) is 2. The molecular formula is C16H31N3S. The number of thioether (sulfide) groups is 1. The second-order valence-corrected chi connectivity index (χ2v) is 6.73. The summed E-state index contributed by atoms with van der Waals surface area (Å²) in [5, 5.41) is 8.28. The molecule has 0 spiro atoms. The van der Waals surface area contributed by atoms with Crippen LogP contribution in [0.4, 0.5) is 0 Å². The van der Waals surface area contributed by atoms with Crippen molar-refractivity contribution >= 4 is 11.8 Å². The molecule has 20 heavy (non-hydrogen) atoms. The van der Waals surface area contributed by atoms with Crippen molar-refractivity contribution in [1.82, 2.24) is 15.1 Å². The van der Waals surface area contributed by atoms with E-state index in [0.29, 0.717) is 10.8 Å². The van der Waals surface area contributed by atoms with E-state index < -0.39 is 0 Å². The van der Waals surface area contributed by atoms with Gasteiger partial charge in [-0.15, -0.1) is 0 Å². The molecule has 0 atom stereocenters. The molecule has 0 saturated carbocycles. The normalized spacial score (nSPS) is 12.3. The minimum Gasteiger partial charge on any atom is -0.310 e. The van der Waals surface area contributed by atoms with Gasteiger partial charge in [0.2, 0.25) is 0 Å². The molecule has 1 heterocycles. The van der Waals surface area contributed by atoms with E-state index in [-0.39, 0.29) is 0 Å². The third-order valence-corrected chi connectivity index (χ3v) is 6.04. The van der Waals surface area contributed by atoms with E-state index in [1.807, 2.05) is 11.8 Å². The maximum atomic E-state index is 4.70. The van der Waals surface area contributed by atoms with E-state index in [9.17, 15) is 0 Å². The number of nitrogens with one attached hydrogen (secondary N) is 1. The second kappa shape index (κ2) is 8.73. The van der Waals surface area contributed by atoms with Gasteiger partial charge in [-0.1, -0.05) is 27.7 Å². The van der Waals surface area contributed by atoms with Gasteiger partial charge >= 0.3 is 0 Å². The summed E-state index contributed by atoms with van der Waals surface area (Å²) < 4.78 is 2.50. The molecule has 116 valence electrons. The largest absolute Gasteiger partial charge is 0.310 e. The average Bonchev–Trinajstić information content (AvgIpc) is 2.94. The van der Waals surface area contributed by atoms with Crippen molar-refractivity contribution in [2.24, 2.45) is 0 Å². The smallest absolute Gasteiger partial charge is 0.0762 e. The number of rotatable bonds is 10. The minimum atomic E-state index is 0.373. The van der Waals surface area contributed by atoms with Gasteiger partial charge in [-0.25, -0.2) is 0 Å². The van der Waals surface area contributed by atoms with Gasteiger partial charge in [0.25, 0.3) is 0 Å². The first kappa shape index (κ1) is 17.6. The summed E-state index contributed by atoms with van der Waals surface area (Å²) in [6, 6.07) is 2.68. The quantitative estimate of drug-likeness (QED) is 0.700. The fourth-order valence-electron chi connectivity index (χ4n) is 2.62. The fraction of sp³-hybridized carbons (Fsp3) is 0.812. The lowest BCUT2D eigenvalue weighted by Crippen LogP contribution is -2.36. The van der Waals surface area contributed by atoms with Crippen LogP contribution in [-0.4, -0.2) is 27.3 Å². The Kier molecular flexibility index (Phi) is 7.67. The molecule has 4 heteroatoms. The third kappa shape index (κ3) is 4.52. The first-order valence-electron chi connectivity index (χ1n) is 7.94. The Hall–Kier alpha value is -0.480. The lowest BCUT2D eigenvalue weighted by molar-refractivity contribution is 0.422. The molecule has 0 radical (unpaired) electrons. The van der Waals surface area contributed by atoms with Gasteiger partial charge in [0.05, 0.1) is 11.7 Å². The highest BCUT2D eigenvalue weighted by molar-refractivity contribution is 8.00. The molecule has 0 aromatic carbocycles. The molecule has 0 saturated heterocycles. The zero-order chi connectivity index (χ0) is 15.0. The molecule has 0 fully saturated rings. The van der Waals surface area contributed by atoms with E-state index in [1.54, 1.807) is 0 Å². The molecule has 1 aromatic heterocycles. The summed E-state index contributed by atoms with van der Waals surface area (Å²) in [7, 11) is 0. The molecule has 0 aliphatic heterocycles. The van der Waals surface area contributed by atoms with Crippen LogP contribution < -0.4 is 5.32 Å². The van der Waals surface area contributed by atoms with E-state index in [0.717, 1.165) is 31.6 Å². The zero-order valence-corrected chi connectivity index (χ0v) is 14.6. The SMILES string of the molecule is CCC(CC)n1ccc(CNCC(CC)(CC)SC)n1. The Balaban J connectivity index is 2.50. The summed E-state index contributed by atoms with van der Waals surface area (Å²) in [6.45, 7) is 10.9. The molecule has 0 unspecified atom stereocenters. The maximum absolute atomic E-state index is 4.70. The van der Waals surface area contributed by atoms with Crippen LogP contribution in [-0.2, 0) is 6.54 Å². The van der Waals surface area contributed by atoms with Gasteiger partial charge in [-0.05, 0) is 38.0 Å². The van der Waals surface area contributed by atoms with Crippen molar-refractivity contribution in [3.05, 3.63) is 18.0 Å². The van der Waals surface area contributed by atoms with Crippen molar-refractivity contribution in [1.29, 1.82) is 0 Å². The Morgan fingerprint density at radius 2 is 1.90 bits per heavy atom. The van der Waals surface area contributed by atoms with Crippen molar-refractivity contribution in [3.8, 4) is 0 Å². The van der Waals surface area contributed by atoms with Crippen molar-refractivity contribution in [2.75, 3.05) is 12.8 Å². The van der Waals surface area contributed by atoms with Crippen LogP contribution in [0.15, 0.2) is 12.3 Å². The van der Waals surface area contributed by atoms with Crippen LogP contribution >= 0.6 is 11.8 Å². The summed E-state index contributed by atoms with van der Waals surface area (Å²) >= 11 is 1.98. The highest BCUT2D eigenvalue weighted by Gasteiger charge is 2.24. The van der Waals surface area contributed by atoms with Crippen LogP contribution in [0.25, 0.3) is 0 Å². The molecule has 0 aliphatic rings. The van der Waals surface area contributed by atoms with Gasteiger partial charge in [0, 0.05) is 24.0 Å². The van der Waals surface area contributed by atoms with E-state index in [2.05, 4.69) is 56.2 Å². The van der Waals surface area contributed by atoms with Gasteiger partial charge < -0.3 is 5.32 Å². The third-order valence-electron chi connectivity index (χ3n) is 4.46. The minimum absolute atomic E-state index is 0.373. The Labute approximate surface area is 128 Å². The molecular weight excluding hydrogens is 266 g/mol. The first-order valence-corrected chi connectivity index (χ1v) is 9.17. The molecule has 3 nitrogen and oxygen atoms in total. The monoisotopic (exact) mass is 297 g/mol. The van der Waals surface area contributed by atoms with E-state index in [1.165, 1.54) is 12.8 Å². The number of aromatic nitrogens is 2. The lowest BCUT2D eigenvalue weighted by Gasteiger charge is -2.29. The van der Waals surface area contributed by atoms with Crippen molar-refractivity contribution in [3.63, 3.8) is 0 Å². The maximum Gasteiger partial charge on any atom is 0.0762 e. The molecule has 0 bridgehead atoms. The standard InChI is InChI=1S/C16H31N3S/c1-6-15(7-2)19-11-10-14(18-19)12-17-13-16(8-3,9-4)20-5/h10-11,15,17H,6-9,12-13H2,1-5H3. The van der Waals surface area contributed by atoms with Crippen molar-refractivity contribution < 1.29 is 0 Å². The van der Waals surface area contributed by atoms with Crippen molar-refractivity contribution in [2.45, 2.75) is 70.7 Å². The molecule has 0 amide bonds. The van der Waals surface area contributed by atoms with Gasteiger partial charge in [0.15, 0.2) is 0 Å². The summed E-state index contributed by atoms with van der Waals surface area (Å²) in [6.07, 6.45) is 9.05. The average molecular weight is 298 g/mol. The van der Waals surface area contributed by atoms with Crippen LogP contribution in [0.5, 0.6) is 0 Å². The highest BCUT2D eigenvalue weighted by atomic mass is 32.2. The molecule has 1 N–H and O–H groups in total. The fourth-order valence-corrected chi connectivity index (χ4v) is 3.44. The Morgan fingerprint density at radius 3 is 2.40 bits per heavy atom.